The van der Waals surface area contributed by atoms with Crippen molar-refractivity contribution in [2.45, 2.75) is 32.1 Å². The molecule has 0 radical (unpaired) electrons. The Kier molecular flexibility index (Phi) is 4.22. The monoisotopic (exact) mass is 356 g/mol. The lowest BCUT2D eigenvalue weighted by Crippen LogP contribution is -2.42. The standard InChI is InChI=1S/C19H21FN4O2/c20-13-4-6-14(7-5-13)24-16-3-1-2-15(16)17(22-24)19(26)23-10-8-12(9-11-23)18(21)25/h4-7,12H,1-3,8-11H2,(H2,21,25). The number of amides is 2. The highest BCUT2D eigenvalue weighted by atomic mass is 19.1. The van der Waals surface area contributed by atoms with E-state index >= 15 is 0 Å². The number of rotatable bonds is 3. The van der Waals surface area contributed by atoms with Crippen molar-refractivity contribution in [3.05, 3.63) is 47.0 Å². The normalized spacial score (nSPS) is 17.3. The molecule has 2 amide bonds. The van der Waals surface area contributed by atoms with Crippen LogP contribution in [0.5, 0.6) is 0 Å². The molecule has 0 bridgehead atoms. The van der Waals surface area contributed by atoms with Gasteiger partial charge in [-0.1, -0.05) is 0 Å². The van der Waals surface area contributed by atoms with E-state index in [1.54, 1.807) is 21.7 Å². The first-order valence-electron chi connectivity index (χ1n) is 9.00. The predicted octanol–water partition coefficient (Wildman–Crippen LogP) is 1.84. The van der Waals surface area contributed by atoms with E-state index in [1.165, 1.54) is 12.1 Å². The molecule has 2 aromatic rings. The maximum atomic E-state index is 13.2. The number of primary amides is 1. The van der Waals surface area contributed by atoms with Crippen LogP contribution in [0, 0.1) is 11.7 Å². The predicted molar refractivity (Wildman–Crippen MR) is 93.4 cm³/mol. The Labute approximate surface area is 150 Å². The molecule has 26 heavy (non-hydrogen) atoms. The molecule has 7 heteroatoms. The zero-order valence-electron chi connectivity index (χ0n) is 14.4. The van der Waals surface area contributed by atoms with Gasteiger partial charge in [-0.3, -0.25) is 9.59 Å². The summed E-state index contributed by atoms with van der Waals surface area (Å²) in [6.45, 7) is 1.04. The minimum absolute atomic E-state index is 0.0908. The number of carbonyl (C=O) groups is 2. The van der Waals surface area contributed by atoms with Crippen molar-refractivity contribution in [2.75, 3.05) is 13.1 Å². The zero-order valence-corrected chi connectivity index (χ0v) is 14.4. The molecule has 1 aliphatic carbocycles. The first-order chi connectivity index (χ1) is 12.5. The Morgan fingerprint density at radius 2 is 1.81 bits per heavy atom. The molecule has 1 aromatic heterocycles. The first-order valence-corrected chi connectivity index (χ1v) is 9.00. The van der Waals surface area contributed by atoms with E-state index < -0.39 is 0 Å². The number of aromatic nitrogens is 2. The largest absolute Gasteiger partial charge is 0.369 e. The van der Waals surface area contributed by atoms with Gasteiger partial charge in [-0.05, 0) is 56.4 Å². The van der Waals surface area contributed by atoms with Crippen molar-refractivity contribution in [2.24, 2.45) is 11.7 Å². The van der Waals surface area contributed by atoms with Crippen LogP contribution >= 0.6 is 0 Å². The van der Waals surface area contributed by atoms with Gasteiger partial charge >= 0.3 is 0 Å². The summed E-state index contributed by atoms with van der Waals surface area (Å²) in [5.41, 5.74) is 8.64. The van der Waals surface area contributed by atoms with Crippen molar-refractivity contribution in [1.82, 2.24) is 14.7 Å². The second-order valence-corrected chi connectivity index (χ2v) is 6.98. The third-order valence-electron chi connectivity index (χ3n) is 5.39. The van der Waals surface area contributed by atoms with Crippen molar-refractivity contribution in [3.63, 3.8) is 0 Å². The highest BCUT2D eigenvalue weighted by Gasteiger charge is 2.32. The van der Waals surface area contributed by atoms with Gasteiger partial charge in [-0.15, -0.1) is 0 Å². The zero-order chi connectivity index (χ0) is 18.3. The van der Waals surface area contributed by atoms with Gasteiger partial charge < -0.3 is 10.6 Å². The topological polar surface area (TPSA) is 81.2 Å². The summed E-state index contributed by atoms with van der Waals surface area (Å²) in [6.07, 6.45) is 3.87. The van der Waals surface area contributed by atoms with Crippen molar-refractivity contribution < 1.29 is 14.0 Å². The summed E-state index contributed by atoms with van der Waals surface area (Å²) >= 11 is 0. The van der Waals surface area contributed by atoms with Gasteiger partial charge in [0.15, 0.2) is 5.69 Å². The van der Waals surface area contributed by atoms with Crippen LogP contribution < -0.4 is 5.73 Å². The van der Waals surface area contributed by atoms with Gasteiger partial charge in [0.2, 0.25) is 5.91 Å². The minimum atomic E-state index is -0.300. The molecule has 4 rings (SSSR count). The third kappa shape index (κ3) is 2.87. The summed E-state index contributed by atoms with van der Waals surface area (Å²) in [5.74, 6) is -0.835. The van der Waals surface area contributed by atoms with Crippen LogP contribution in [0.1, 0.15) is 41.0 Å². The summed E-state index contributed by atoms with van der Waals surface area (Å²) in [7, 11) is 0. The molecular weight excluding hydrogens is 335 g/mol. The number of nitrogens with zero attached hydrogens (tertiary/aromatic N) is 3. The van der Waals surface area contributed by atoms with Crippen LogP contribution in [0.3, 0.4) is 0 Å². The quantitative estimate of drug-likeness (QED) is 0.911. The van der Waals surface area contributed by atoms with E-state index in [0.29, 0.717) is 31.6 Å². The van der Waals surface area contributed by atoms with E-state index in [1.807, 2.05) is 0 Å². The minimum Gasteiger partial charge on any atom is -0.369 e. The molecule has 1 aliphatic heterocycles. The second-order valence-electron chi connectivity index (χ2n) is 6.98. The molecule has 0 atom stereocenters. The van der Waals surface area contributed by atoms with E-state index in [9.17, 15) is 14.0 Å². The average Bonchev–Trinajstić information content (AvgIpc) is 3.25. The van der Waals surface area contributed by atoms with E-state index in [-0.39, 0.29) is 23.5 Å². The van der Waals surface area contributed by atoms with E-state index in [4.69, 9.17) is 5.73 Å². The number of nitrogens with two attached hydrogens (primary N) is 1. The fraction of sp³-hybridized carbons (Fsp3) is 0.421. The highest BCUT2D eigenvalue weighted by Crippen LogP contribution is 2.29. The van der Waals surface area contributed by atoms with Crippen LogP contribution in [0.15, 0.2) is 24.3 Å². The maximum Gasteiger partial charge on any atom is 0.274 e. The first kappa shape index (κ1) is 16.8. The molecule has 2 aliphatic rings. The van der Waals surface area contributed by atoms with Crippen LogP contribution in [0.4, 0.5) is 4.39 Å². The fourth-order valence-electron chi connectivity index (χ4n) is 3.92. The molecule has 1 saturated heterocycles. The lowest BCUT2D eigenvalue weighted by atomic mass is 9.96. The van der Waals surface area contributed by atoms with Gasteiger partial charge in [-0.25, -0.2) is 9.07 Å². The maximum absolute atomic E-state index is 13.2. The molecule has 6 nitrogen and oxygen atoms in total. The Bertz CT molecular complexity index is 851. The number of fused-ring (bicyclic) bond motifs is 1. The molecule has 0 saturated carbocycles. The van der Waals surface area contributed by atoms with Crippen LogP contribution in [-0.2, 0) is 17.6 Å². The number of carbonyl (C=O) groups excluding carboxylic acids is 2. The molecular formula is C19H21FN4O2. The molecule has 0 unspecified atom stereocenters. The Hall–Kier alpha value is -2.70. The number of likely N-dealkylation sites (tertiary alicyclic amines) is 1. The lowest BCUT2D eigenvalue weighted by Gasteiger charge is -2.30. The SMILES string of the molecule is NC(=O)C1CCN(C(=O)c2nn(-c3ccc(F)cc3)c3c2CCC3)CC1. The number of hydrogen-bond acceptors (Lipinski definition) is 3. The van der Waals surface area contributed by atoms with E-state index in [2.05, 4.69) is 5.10 Å². The van der Waals surface area contributed by atoms with Gasteiger partial charge in [-0.2, -0.15) is 5.10 Å². The molecule has 2 N–H and O–H groups in total. The van der Waals surface area contributed by atoms with Crippen LogP contribution in [0.2, 0.25) is 0 Å². The summed E-state index contributed by atoms with van der Waals surface area (Å²) < 4.78 is 15.0. The fourth-order valence-corrected chi connectivity index (χ4v) is 3.92. The Morgan fingerprint density at radius 3 is 2.46 bits per heavy atom. The summed E-state index contributed by atoms with van der Waals surface area (Å²) in [4.78, 5) is 26.1. The molecule has 0 spiro atoms. The van der Waals surface area contributed by atoms with Crippen molar-refractivity contribution >= 4 is 11.8 Å². The molecule has 136 valence electrons. The van der Waals surface area contributed by atoms with E-state index in [0.717, 1.165) is 36.2 Å². The lowest BCUT2D eigenvalue weighted by molar-refractivity contribution is -0.123. The number of hydrogen-bond donors (Lipinski definition) is 1. The Balaban J connectivity index is 1.61. The molecule has 1 fully saturated rings. The number of piperidine rings is 1. The number of halogens is 1. The van der Waals surface area contributed by atoms with Gasteiger partial charge in [0.05, 0.1) is 5.69 Å². The van der Waals surface area contributed by atoms with Gasteiger partial charge in [0.1, 0.15) is 5.82 Å². The molecule has 2 heterocycles. The smallest absolute Gasteiger partial charge is 0.274 e. The summed E-state index contributed by atoms with van der Waals surface area (Å²) in [5, 5.41) is 4.57. The van der Waals surface area contributed by atoms with Crippen molar-refractivity contribution in [1.29, 1.82) is 0 Å². The second kappa shape index (κ2) is 6.55. The average molecular weight is 356 g/mol. The van der Waals surface area contributed by atoms with Crippen LogP contribution in [-0.4, -0.2) is 39.6 Å². The number of benzene rings is 1. The molecule has 1 aromatic carbocycles. The van der Waals surface area contributed by atoms with Crippen LogP contribution in [0.25, 0.3) is 5.69 Å². The summed E-state index contributed by atoms with van der Waals surface area (Å²) in [6, 6.07) is 6.14. The van der Waals surface area contributed by atoms with Gasteiger partial charge in [0.25, 0.3) is 5.91 Å². The highest BCUT2D eigenvalue weighted by molar-refractivity contribution is 5.94. The Morgan fingerprint density at radius 1 is 1.12 bits per heavy atom. The van der Waals surface area contributed by atoms with Gasteiger partial charge in [0, 0.05) is 30.3 Å². The third-order valence-corrected chi connectivity index (χ3v) is 5.39. The van der Waals surface area contributed by atoms with Crippen molar-refractivity contribution in [3.8, 4) is 5.69 Å².